The molecule has 25 heavy (non-hydrogen) atoms. The summed E-state index contributed by atoms with van der Waals surface area (Å²) in [4.78, 5) is 4.48. The maximum atomic E-state index is 12.5. The van der Waals surface area contributed by atoms with E-state index in [-0.39, 0.29) is 10.3 Å². The summed E-state index contributed by atoms with van der Waals surface area (Å²) in [5.74, 6) is 1.24. The summed E-state index contributed by atoms with van der Waals surface area (Å²) in [5.41, 5.74) is 1.52. The van der Waals surface area contributed by atoms with Crippen LogP contribution in [0.4, 0.5) is 11.5 Å². The van der Waals surface area contributed by atoms with Crippen LogP contribution >= 0.6 is 0 Å². The van der Waals surface area contributed by atoms with E-state index in [0.717, 1.165) is 17.9 Å². The molecule has 6 heteroatoms. The molecule has 0 saturated carbocycles. The van der Waals surface area contributed by atoms with Crippen LogP contribution in [-0.2, 0) is 15.4 Å². The maximum Gasteiger partial charge on any atom is 0.261 e. The van der Waals surface area contributed by atoms with Gasteiger partial charge in [0.25, 0.3) is 10.0 Å². The van der Waals surface area contributed by atoms with Gasteiger partial charge in [-0.15, -0.1) is 0 Å². The highest BCUT2D eigenvalue weighted by Crippen LogP contribution is 2.24. The molecule has 0 aliphatic rings. The van der Waals surface area contributed by atoms with Gasteiger partial charge in [0.1, 0.15) is 5.82 Å². The van der Waals surface area contributed by atoms with Crippen LogP contribution in [0.5, 0.6) is 0 Å². The van der Waals surface area contributed by atoms with E-state index in [4.69, 9.17) is 0 Å². The summed E-state index contributed by atoms with van der Waals surface area (Å²) in [7, 11) is -3.62. The van der Waals surface area contributed by atoms with Crippen molar-refractivity contribution < 1.29 is 8.42 Å². The van der Waals surface area contributed by atoms with E-state index in [1.54, 1.807) is 24.3 Å². The highest BCUT2D eigenvalue weighted by atomic mass is 32.2. The number of anilines is 2. The van der Waals surface area contributed by atoms with Crippen molar-refractivity contribution in [1.82, 2.24) is 4.98 Å². The van der Waals surface area contributed by atoms with E-state index in [2.05, 4.69) is 49.6 Å². The Hall–Kier alpha value is -2.08. The Balaban J connectivity index is 2.10. The molecule has 2 aromatic rings. The number of hydrogen-bond acceptors (Lipinski definition) is 4. The quantitative estimate of drug-likeness (QED) is 0.807. The molecule has 0 atom stereocenters. The summed E-state index contributed by atoms with van der Waals surface area (Å²) in [5, 5.41) is 3.20. The molecule has 0 fully saturated rings. The van der Waals surface area contributed by atoms with Gasteiger partial charge in [0.05, 0.1) is 16.8 Å². The Bertz CT molecular complexity index is 790. The first-order chi connectivity index (χ1) is 11.6. The summed E-state index contributed by atoms with van der Waals surface area (Å²) < 4.78 is 27.6. The molecule has 1 aromatic carbocycles. The Morgan fingerprint density at radius 3 is 2.16 bits per heavy atom. The van der Waals surface area contributed by atoms with Gasteiger partial charge in [-0.05, 0) is 41.2 Å². The third kappa shape index (κ3) is 5.46. The van der Waals surface area contributed by atoms with Gasteiger partial charge in [0.2, 0.25) is 0 Å². The number of nitrogens with zero attached hydrogens (tertiary/aromatic N) is 1. The monoisotopic (exact) mass is 361 g/mol. The van der Waals surface area contributed by atoms with Crippen molar-refractivity contribution in [3.05, 3.63) is 48.2 Å². The molecule has 0 bridgehead atoms. The van der Waals surface area contributed by atoms with E-state index in [1.165, 1.54) is 6.20 Å². The summed E-state index contributed by atoms with van der Waals surface area (Å²) in [6.07, 6.45) is 1.52. The highest BCUT2D eigenvalue weighted by Gasteiger charge is 2.17. The first-order valence-corrected chi connectivity index (χ1v) is 9.89. The molecular formula is C19H27N3O2S. The fourth-order valence-electron chi connectivity index (χ4n) is 2.22. The van der Waals surface area contributed by atoms with E-state index >= 15 is 0 Å². The average molecular weight is 362 g/mol. The summed E-state index contributed by atoms with van der Waals surface area (Å²) >= 11 is 0. The van der Waals surface area contributed by atoms with Crippen LogP contribution in [0.1, 0.15) is 40.2 Å². The fraction of sp³-hybridized carbons (Fsp3) is 0.421. The molecule has 5 nitrogen and oxygen atoms in total. The van der Waals surface area contributed by atoms with Crippen LogP contribution in [0.2, 0.25) is 0 Å². The number of hydrogen-bond donors (Lipinski definition) is 2. The second kappa shape index (κ2) is 7.44. The number of aromatic nitrogens is 1. The Labute approximate surface area is 150 Å². The Kier molecular flexibility index (Phi) is 5.72. The SMILES string of the molecule is CC(C)CNc1ccc(NS(=O)(=O)c2ccc(C(C)(C)C)cc2)cn1. The van der Waals surface area contributed by atoms with Crippen molar-refractivity contribution in [3.8, 4) is 0 Å². The number of pyridine rings is 1. The fourth-order valence-corrected chi connectivity index (χ4v) is 3.26. The molecule has 1 heterocycles. The smallest absolute Gasteiger partial charge is 0.261 e. The third-order valence-electron chi connectivity index (χ3n) is 3.74. The van der Waals surface area contributed by atoms with Gasteiger partial charge >= 0.3 is 0 Å². The predicted octanol–water partition coefficient (Wildman–Crippen LogP) is 4.25. The van der Waals surface area contributed by atoms with Crippen molar-refractivity contribution in [3.63, 3.8) is 0 Å². The van der Waals surface area contributed by atoms with Crippen molar-refractivity contribution >= 4 is 21.5 Å². The van der Waals surface area contributed by atoms with Crippen LogP contribution in [0, 0.1) is 5.92 Å². The lowest BCUT2D eigenvalue weighted by Crippen LogP contribution is -2.15. The largest absolute Gasteiger partial charge is 0.370 e. The lowest BCUT2D eigenvalue weighted by Gasteiger charge is -2.19. The minimum Gasteiger partial charge on any atom is -0.370 e. The normalized spacial score (nSPS) is 12.2. The molecular weight excluding hydrogens is 334 g/mol. The molecule has 0 saturated heterocycles. The van der Waals surface area contributed by atoms with E-state index in [1.807, 2.05) is 12.1 Å². The topological polar surface area (TPSA) is 71.1 Å². The van der Waals surface area contributed by atoms with Crippen LogP contribution in [0.15, 0.2) is 47.5 Å². The summed E-state index contributed by atoms with van der Waals surface area (Å²) in [6.45, 7) is 11.3. The van der Waals surface area contributed by atoms with Gasteiger partial charge in [-0.3, -0.25) is 4.72 Å². The van der Waals surface area contributed by atoms with Crippen molar-refractivity contribution in [2.75, 3.05) is 16.6 Å². The second-order valence-corrected chi connectivity index (χ2v) is 9.27. The van der Waals surface area contributed by atoms with Gasteiger partial charge in [-0.2, -0.15) is 0 Å². The first-order valence-electron chi connectivity index (χ1n) is 8.41. The van der Waals surface area contributed by atoms with E-state index in [9.17, 15) is 8.42 Å². The molecule has 0 radical (unpaired) electrons. The lowest BCUT2D eigenvalue weighted by molar-refractivity contribution is 0.587. The molecule has 0 spiro atoms. The van der Waals surface area contributed by atoms with Crippen LogP contribution in [0.25, 0.3) is 0 Å². The first kappa shape index (κ1) is 19.2. The zero-order valence-corrected chi connectivity index (χ0v) is 16.3. The average Bonchev–Trinajstić information content (AvgIpc) is 2.53. The van der Waals surface area contributed by atoms with E-state index in [0.29, 0.717) is 11.6 Å². The van der Waals surface area contributed by atoms with Gasteiger partial charge < -0.3 is 5.32 Å². The summed E-state index contributed by atoms with van der Waals surface area (Å²) in [6, 6.07) is 10.4. The number of benzene rings is 1. The number of sulfonamides is 1. The van der Waals surface area contributed by atoms with Gasteiger partial charge in [0, 0.05) is 6.54 Å². The van der Waals surface area contributed by atoms with Crippen LogP contribution in [-0.4, -0.2) is 19.9 Å². The molecule has 2 rings (SSSR count). The second-order valence-electron chi connectivity index (χ2n) is 7.59. The van der Waals surface area contributed by atoms with Crippen LogP contribution in [0.3, 0.4) is 0 Å². The Morgan fingerprint density at radius 1 is 1.04 bits per heavy atom. The number of rotatable bonds is 6. The number of nitrogens with one attached hydrogen (secondary N) is 2. The predicted molar refractivity (Wildman–Crippen MR) is 104 cm³/mol. The third-order valence-corrected chi connectivity index (χ3v) is 5.13. The molecule has 1 aromatic heterocycles. The minimum absolute atomic E-state index is 0.0154. The molecule has 0 amide bonds. The van der Waals surface area contributed by atoms with Crippen LogP contribution < -0.4 is 10.0 Å². The van der Waals surface area contributed by atoms with Crippen molar-refractivity contribution in [2.45, 2.75) is 44.9 Å². The van der Waals surface area contributed by atoms with Gasteiger partial charge in [-0.25, -0.2) is 13.4 Å². The molecule has 0 unspecified atom stereocenters. The zero-order valence-electron chi connectivity index (χ0n) is 15.5. The van der Waals surface area contributed by atoms with Crippen molar-refractivity contribution in [1.29, 1.82) is 0 Å². The standard InChI is InChI=1S/C19H27N3O2S/c1-14(2)12-20-18-11-8-16(13-21-18)22-25(23,24)17-9-6-15(7-10-17)19(3,4)5/h6-11,13-14,22H,12H2,1-5H3,(H,20,21). The van der Waals surface area contributed by atoms with E-state index < -0.39 is 10.0 Å². The molecule has 0 aliphatic heterocycles. The molecule has 136 valence electrons. The molecule has 2 N–H and O–H groups in total. The zero-order chi connectivity index (χ0) is 18.7. The molecule has 0 aliphatic carbocycles. The Morgan fingerprint density at radius 2 is 1.68 bits per heavy atom. The lowest BCUT2D eigenvalue weighted by atomic mass is 9.87. The highest BCUT2D eigenvalue weighted by molar-refractivity contribution is 7.92. The van der Waals surface area contributed by atoms with Gasteiger partial charge in [-0.1, -0.05) is 46.8 Å². The van der Waals surface area contributed by atoms with Gasteiger partial charge in [0.15, 0.2) is 0 Å². The van der Waals surface area contributed by atoms with Crippen molar-refractivity contribution in [2.24, 2.45) is 5.92 Å². The minimum atomic E-state index is -3.62. The maximum absolute atomic E-state index is 12.5.